The van der Waals surface area contributed by atoms with Crippen LogP contribution in [0.4, 0.5) is 0 Å². The molecule has 0 amide bonds. The van der Waals surface area contributed by atoms with Crippen molar-refractivity contribution in [3.63, 3.8) is 0 Å². The van der Waals surface area contributed by atoms with Gasteiger partial charge in [0.1, 0.15) is 0 Å². The maximum Gasteiger partial charge on any atom is 0.0621 e. The van der Waals surface area contributed by atoms with Crippen molar-refractivity contribution < 1.29 is 4.74 Å². The number of piperidine rings is 1. The molecule has 2 rings (SSSR count). The van der Waals surface area contributed by atoms with Gasteiger partial charge in [-0.15, -0.1) is 0 Å². The molecule has 0 bridgehead atoms. The van der Waals surface area contributed by atoms with Gasteiger partial charge < -0.3 is 10.1 Å². The monoisotopic (exact) mass is 254 g/mol. The average Bonchev–Trinajstić information content (AvgIpc) is 2.46. The second-order valence-electron chi connectivity index (χ2n) is 5.99. The van der Waals surface area contributed by atoms with E-state index in [0.29, 0.717) is 12.1 Å². The van der Waals surface area contributed by atoms with Crippen molar-refractivity contribution in [2.75, 3.05) is 32.8 Å². The van der Waals surface area contributed by atoms with Crippen molar-refractivity contribution in [1.82, 2.24) is 10.2 Å². The number of likely N-dealkylation sites (tertiary alicyclic amines) is 1. The molecule has 2 aliphatic rings. The summed E-state index contributed by atoms with van der Waals surface area (Å²) in [6.45, 7) is 10.3. The van der Waals surface area contributed by atoms with Crippen LogP contribution in [0.25, 0.3) is 0 Å². The number of hydrogen-bond donors (Lipinski definition) is 1. The first-order valence-corrected chi connectivity index (χ1v) is 7.86. The van der Waals surface area contributed by atoms with Crippen LogP contribution in [-0.4, -0.2) is 49.8 Å². The second kappa shape index (κ2) is 7.46. The van der Waals surface area contributed by atoms with Gasteiger partial charge in [0.05, 0.1) is 6.61 Å². The summed E-state index contributed by atoms with van der Waals surface area (Å²) in [6, 6.07) is 1.40. The molecule has 2 unspecified atom stereocenters. The third-order valence-electron chi connectivity index (χ3n) is 4.65. The lowest BCUT2D eigenvalue weighted by molar-refractivity contribution is 0.00286. The summed E-state index contributed by atoms with van der Waals surface area (Å²) in [7, 11) is 0. The molecular weight excluding hydrogens is 224 g/mol. The lowest BCUT2D eigenvalue weighted by atomic mass is 9.89. The molecule has 2 atom stereocenters. The average molecular weight is 254 g/mol. The molecule has 0 saturated carbocycles. The Morgan fingerprint density at radius 2 is 2.06 bits per heavy atom. The summed E-state index contributed by atoms with van der Waals surface area (Å²) in [5.41, 5.74) is 0. The topological polar surface area (TPSA) is 24.5 Å². The van der Waals surface area contributed by atoms with Gasteiger partial charge in [0.25, 0.3) is 0 Å². The molecule has 0 spiro atoms. The summed E-state index contributed by atoms with van der Waals surface area (Å²) in [5.74, 6) is 0.873. The fourth-order valence-corrected chi connectivity index (χ4v) is 3.33. The first-order chi connectivity index (χ1) is 8.81. The van der Waals surface area contributed by atoms with Gasteiger partial charge in [-0.2, -0.15) is 0 Å². The first-order valence-electron chi connectivity index (χ1n) is 7.86. The Morgan fingerprint density at radius 3 is 2.67 bits per heavy atom. The molecule has 0 radical (unpaired) electrons. The molecule has 1 N–H and O–H groups in total. The third kappa shape index (κ3) is 3.94. The number of nitrogens with one attached hydrogen (secondary N) is 1. The Labute approximate surface area is 112 Å². The SMILES string of the molecule is CCCNC(C)C1CCN(C2CCCOC2)CC1. The molecule has 0 aromatic carbocycles. The van der Waals surface area contributed by atoms with E-state index in [2.05, 4.69) is 24.1 Å². The maximum atomic E-state index is 5.61. The van der Waals surface area contributed by atoms with E-state index in [1.165, 1.54) is 45.2 Å². The maximum absolute atomic E-state index is 5.61. The van der Waals surface area contributed by atoms with Gasteiger partial charge in [-0.3, -0.25) is 4.90 Å². The number of nitrogens with zero attached hydrogens (tertiary/aromatic N) is 1. The Morgan fingerprint density at radius 1 is 1.28 bits per heavy atom. The summed E-state index contributed by atoms with van der Waals surface area (Å²) in [6.07, 6.45) is 6.54. The number of ether oxygens (including phenoxy) is 1. The molecule has 2 saturated heterocycles. The zero-order valence-corrected chi connectivity index (χ0v) is 12.2. The van der Waals surface area contributed by atoms with Crippen LogP contribution >= 0.6 is 0 Å². The molecule has 2 fully saturated rings. The van der Waals surface area contributed by atoms with Crippen LogP contribution in [0, 0.1) is 5.92 Å². The summed E-state index contributed by atoms with van der Waals surface area (Å²) < 4.78 is 5.61. The van der Waals surface area contributed by atoms with Gasteiger partial charge in [-0.05, 0) is 64.6 Å². The predicted molar refractivity (Wildman–Crippen MR) is 75.9 cm³/mol. The van der Waals surface area contributed by atoms with E-state index in [1.54, 1.807) is 0 Å². The molecule has 2 aliphatic heterocycles. The van der Waals surface area contributed by atoms with E-state index in [1.807, 2.05) is 0 Å². The molecule has 2 heterocycles. The van der Waals surface area contributed by atoms with Crippen molar-refractivity contribution >= 4 is 0 Å². The lowest BCUT2D eigenvalue weighted by Crippen LogP contribution is -2.48. The minimum atomic E-state index is 0.690. The van der Waals surface area contributed by atoms with E-state index in [9.17, 15) is 0 Å². The van der Waals surface area contributed by atoms with Crippen LogP contribution in [-0.2, 0) is 4.74 Å². The molecule has 0 aliphatic carbocycles. The van der Waals surface area contributed by atoms with Gasteiger partial charge in [-0.1, -0.05) is 6.92 Å². The van der Waals surface area contributed by atoms with E-state index < -0.39 is 0 Å². The van der Waals surface area contributed by atoms with E-state index in [0.717, 1.165) is 25.7 Å². The van der Waals surface area contributed by atoms with Crippen molar-refractivity contribution in [3.8, 4) is 0 Å². The van der Waals surface area contributed by atoms with Crippen LogP contribution in [0.2, 0.25) is 0 Å². The quantitative estimate of drug-likeness (QED) is 0.814. The summed E-state index contributed by atoms with van der Waals surface area (Å²) in [5, 5.41) is 3.65. The van der Waals surface area contributed by atoms with Crippen molar-refractivity contribution in [1.29, 1.82) is 0 Å². The number of rotatable bonds is 5. The van der Waals surface area contributed by atoms with Crippen molar-refractivity contribution in [3.05, 3.63) is 0 Å². The van der Waals surface area contributed by atoms with E-state index >= 15 is 0 Å². The normalized spacial score (nSPS) is 29.3. The van der Waals surface area contributed by atoms with Crippen LogP contribution in [0.1, 0.15) is 46.0 Å². The largest absolute Gasteiger partial charge is 0.380 e. The van der Waals surface area contributed by atoms with Crippen LogP contribution in [0.15, 0.2) is 0 Å². The highest BCUT2D eigenvalue weighted by Crippen LogP contribution is 2.24. The Kier molecular flexibility index (Phi) is 5.93. The zero-order valence-electron chi connectivity index (χ0n) is 12.2. The van der Waals surface area contributed by atoms with Gasteiger partial charge >= 0.3 is 0 Å². The summed E-state index contributed by atoms with van der Waals surface area (Å²) in [4.78, 5) is 2.67. The van der Waals surface area contributed by atoms with Gasteiger partial charge in [0.2, 0.25) is 0 Å². The molecule has 18 heavy (non-hydrogen) atoms. The van der Waals surface area contributed by atoms with Crippen molar-refractivity contribution in [2.24, 2.45) is 5.92 Å². The molecule has 0 aromatic rings. The Bertz CT molecular complexity index is 221. The highest BCUT2D eigenvalue weighted by Gasteiger charge is 2.28. The molecule has 0 aromatic heterocycles. The summed E-state index contributed by atoms with van der Waals surface area (Å²) >= 11 is 0. The molecule has 3 nitrogen and oxygen atoms in total. The predicted octanol–water partition coefficient (Wildman–Crippen LogP) is 2.27. The highest BCUT2D eigenvalue weighted by atomic mass is 16.5. The fraction of sp³-hybridized carbons (Fsp3) is 1.00. The van der Waals surface area contributed by atoms with Crippen LogP contribution in [0.3, 0.4) is 0 Å². The standard InChI is InChI=1S/C15H30N2O/c1-3-8-16-13(2)14-6-9-17(10-7-14)15-5-4-11-18-12-15/h13-16H,3-12H2,1-2H3. The Balaban J connectivity index is 1.70. The van der Waals surface area contributed by atoms with Crippen molar-refractivity contribution in [2.45, 2.75) is 58.0 Å². The van der Waals surface area contributed by atoms with Crippen LogP contribution < -0.4 is 5.32 Å². The molecule has 3 heteroatoms. The minimum absolute atomic E-state index is 0.690. The van der Waals surface area contributed by atoms with Gasteiger partial charge in [0, 0.05) is 18.7 Å². The van der Waals surface area contributed by atoms with Gasteiger partial charge in [0.15, 0.2) is 0 Å². The Hall–Kier alpha value is -0.120. The van der Waals surface area contributed by atoms with Crippen LogP contribution in [0.5, 0.6) is 0 Å². The molecular formula is C15H30N2O. The number of hydrogen-bond acceptors (Lipinski definition) is 3. The van der Waals surface area contributed by atoms with E-state index in [4.69, 9.17) is 4.74 Å². The third-order valence-corrected chi connectivity index (χ3v) is 4.65. The lowest BCUT2D eigenvalue weighted by Gasteiger charge is -2.40. The fourth-order valence-electron chi connectivity index (χ4n) is 3.33. The van der Waals surface area contributed by atoms with E-state index in [-0.39, 0.29) is 0 Å². The first kappa shape index (κ1) is 14.3. The molecule has 106 valence electrons. The smallest absolute Gasteiger partial charge is 0.0621 e. The van der Waals surface area contributed by atoms with Gasteiger partial charge in [-0.25, -0.2) is 0 Å². The minimum Gasteiger partial charge on any atom is -0.380 e. The second-order valence-corrected chi connectivity index (χ2v) is 5.99. The zero-order chi connectivity index (χ0) is 12.8. The highest BCUT2D eigenvalue weighted by molar-refractivity contribution is 4.83.